The molecule has 0 bridgehead atoms. The predicted octanol–water partition coefficient (Wildman–Crippen LogP) is 3.16. The molecule has 0 aliphatic carbocycles. The molecule has 1 saturated heterocycles. The van der Waals surface area contributed by atoms with Crippen molar-refractivity contribution in [1.82, 2.24) is 0 Å². The first-order valence-electron chi connectivity index (χ1n) is 4.84. The minimum absolute atomic E-state index is 0.0557. The molecule has 1 fully saturated rings. The summed E-state index contributed by atoms with van der Waals surface area (Å²) in [5.74, 6) is 0.773. The highest BCUT2D eigenvalue weighted by atomic mass is 16.5. The van der Waals surface area contributed by atoms with Crippen molar-refractivity contribution in [3.05, 3.63) is 12.2 Å². The summed E-state index contributed by atoms with van der Waals surface area (Å²) in [7, 11) is 0. The zero-order valence-corrected chi connectivity index (χ0v) is 8.52. The molecule has 0 N–H and O–H groups in total. The van der Waals surface area contributed by atoms with Gasteiger partial charge in [0, 0.05) is 0 Å². The van der Waals surface area contributed by atoms with Gasteiger partial charge in [0.05, 0.1) is 12.2 Å². The van der Waals surface area contributed by atoms with E-state index in [0.29, 0.717) is 0 Å². The second-order valence-corrected chi connectivity index (χ2v) is 4.48. The Morgan fingerprint density at radius 1 is 1.58 bits per heavy atom. The minimum atomic E-state index is 0.0557. The van der Waals surface area contributed by atoms with E-state index in [0.717, 1.165) is 18.9 Å². The summed E-state index contributed by atoms with van der Waals surface area (Å²) in [4.78, 5) is 0. The summed E-state index contributed by atoms with van der Waals surface area (Å²) in [6.45, 7) is 11.4. The number of ether oxygens (including phenoxy) is 1. The van der Waals surface area contributed by atoms with Gasteiger partial charge in [-0.1, -0.05) is 25.5 Å². The Balaban J connectivity index is 2.62. The van der Waals surface area contributed by atoms with E-state index in [-0.39, 0.29) is 5.60 Å². The maximum Gasteiger partial charge on any atom is 0.0681 e. The summed E-state index contributed by atoms with van der Waals surface area (Å²) in [6, 6.07) is 0. The van der Waals surface area contributed by atoms with Gasteiger partial charge in [0.15, 0.2) is 0 Å². The largest absolute Gasteiger partial charge is 0.371 e. The van der Waals surface area contributed by atoms with Gasteiger partial charge in [-0.15, -0.1) is 0 Å². The Morgan fingerprint density at radius 2 is 2.25 bits per heavy atom. The fourth-order valence-electron chi connectivity index (χ4n) is 1.88. The first kappa shape index (κ1) is 9.79. The van der Waals surface area contributed by atoms with Gasteiger partial charge in [-0.25, -0.2) is 0 Å². The third kappa shape index (κ3) is 2.63. The maximum absolute atomic E-state index is 5.74. The molecule has 70 valence electrons. The van der Waals surface area contributed by atoms with Crippen molar-refractivity contribution in [2.75, 3.05) is 6.61 Å². The lowest BCUT2D eigenvalue weighted by molar-refractivity contribution is -0.0106. The lowest BCUT2D eigenvalue weighted by Crippen LogP contribution is -2.25. The van der Waals surface area contributed by atoms with Gasteiger partial charge in [-0.2, -0.15) is 0 Å². The van der Waals surface area contributed by atoms with E-state index in [1.165, 1.54) is 18.4 Å². The molecule has 1 heterocycles. The number of hydrogen-bond acceptors (Lipinski definition) is 1. The van der Waals surface area contributed by atoms with Crippen molar-refractivity contribution in [3.63, 3.8) is 0 Å². The van der Waals surface area contributed by atoms with Crippen LogP contribution in [0, 0.1) is 5.92 Å². The molecule has 1 nitrogen and oxygen atoms in total. The van der Waals surface area contributed by atoms with Crippen LogP contribution in [0.4, 0.5) is 0 Å². The third-order valence-electron chi connectivity index (χ3n) is 2.60. The molecule has 0 aromatic carbocycles. The van der Waals surface area contributed by atoms with Crippen LogP contribution in [0.2, 0.25) is 0 Å². The van der Waals surface area contributed by atoms with Gasteiger partial charge in [0.1, 0.15) is 0 Å². The van der Waals surface area contributed by atoms with Crippen molar-refractivity contribution in [3.8, 4) is 0 Å². The second-order valence-electron chi connectivity index (χ2n) is 4.48. The van der Waals surface area contributed by atoms with Crippen LogP contribution in [0.15, 0.2) is 12.2 Å². The Hall–Kier alpha value is -0.300. The molecule has 0 aromatic rings. The van der Waals surface area contributed by atoms with Crippen molar-refractivity contribution in [2.24, 2.45) is 5.92 Å². The van der Waals surface area contributed by atoms with E-state index in [2.05, 4.69) is 27.4 Å². The van der Waals surface area contributed by atoms with Crippen molar-refractivity contribution in [1.29, 1.82) is 0 Å². The molecule has 0 aromatic heterocycles. The van der Waals surface area contributed by atoms with Gasteiger partial charge in [-0.3, -0.25) is 0 Å². The Bertz CT molecular complexity index is 170. The zero-order valence-electron chi connectivity index (χ0n) is 8.52. The lowest BCUT2D eigenvalue weighted by atomic mass is 9.88. The lowest BCUT2D eigenvalue weighted by Gasteiger charge is -2.25. The fourth-order valence-corrected chi connectivity index (χ4v) is 1.88. The van der Waals surface area contributed by atoms with Crippen LogP contribution >= 0.6 is 0 Å². The minimum Gasteiger partial charge on any atom is -0.371 e. The highest BCUT2D eigenvalue weighted by Gasteiger charge is 2.26. The molecule has 1 rings (SSSR count). The van der Waals surface area contributed by atoms with E-state index < -0.39 is 0 Å². The molecule has 1 aliphatic rings. The van der Waals surface area contributed by atoms with E-state index >= 15 is 0 Å². The molecule has 0 saturated carbocycles. The van der Waals surface area contributed by atoms with Gasteiger partial charge in [-0.05, 0) is 32.6 Å². The Kier molecular flexibility index (Phi) is 2.94. The summed E-state index contributed by atoms with van der Waals surface area (Å²) >= 11 is 0. The smallest absolute Gasteiger partial charge is 0.0681 e. The van der Waals surface area contributed by atoms with Gasteiger partial charge >= 0.3 is 0 Å². The van der Waals surface area contributed by atoms with E-state index in [1.54, 1.807) is 0 Å². The predicted molar refractivity (Wildman–Crippen MR) is 52.2 cm³/mol. The van der Waals surface area contributed by atoms with Gasteiger partial charge in [0.2, 0.25) is 0 Å². The van der Waals surface area contributed by atoms with Crippen LogP contribution < -0.4 is 0 Å². The summed E-state index contributed by atoms with van der Waals surface area (Å²) in [6.07, 6.45) is 3.56. The van der Waals surface area contributed by atoms with Crippen LogP contribution in [-0.2, 0) is 4.74 Å². The Labute approximate surface area is 75.8 Å². The van der Waals surface area contributed by atoms with Crippen LogP contribution in [-0.4, -0.2) is 12.2 Å². The fraction of sp³-hybridized carbons (Fsp3) is 0.818. The average Bonchev–Trinajstić information content (AvgIpc) is 2.10. The molecular formula is C11H20O. The van der Waals surface area contributed by atoms with Crippen LogP contribution in [0.1, 0.15) is 40.0 Å². The summed E-state index contributed by atoms with van der Waals surface area (Å²) < 4.78 is 5.74. The Morgan fingerprint density at radius 3 is 2.83 bits per heavy atom. The highest BCUT2D eigenvalue weighted by Crippen LogP contribution is 2.31. The average molecular weight is 168 g/mol. The molecule has 12 heavy (non-hydrogen) atoms. The molecule has 0 radical (unpaired) electrons. The topological polar surface area (TPSA) is 9.23 Å². The van der Waals surface area contributed by atoms with Crippen LogP contribution in [0.5, 0.6) is 0 Å². The molecule has 1 heteroatoms. The standard InChI is InChI=1S/C11H20O/c1-5-10-6-9(2)8-12-11(3,4)7-10/h10H,2,5-8H2,1,3-4H3. The number of rotatable bonds is 1. The monoisotopic (exact) mass is 168 g/mol. The normalized spacial score (nSPS) is 29.9. The zero-order chi connectivity index (χ0) is 9.19. The highest BCUT2D eigenvalue weighted by molar-refractivity contribution is 5.00. The summed E-state index contributed by atoms with van der Waals surface area (Å²) in [5, 5.41) is 0. The van der Waals surface area contributed by atoms with Crippen LogP contribution in [0.25, 0.3) is 0 Å². The molecule has 0 amide bonds. The van der Waals surface area contributed by atoms with E-state index in [4.69, 9.17) is 4.74 Å². The van der Waals surface area contributed by atoms with Crippen molar-refractivity contribution >= 4 is 0 Å². The molecular weight excluding hydrogens is 148 g/mol. The second kappa shape index (κ2) is 3.61. The third-order valence-corrected chi connectivity index (χ3v) is 2.60. The van der Waals surface area contributed by atoms with Gasteiger partial charge < -0.3 is 4.74 Å². The van der Waals surface area contributed by atoms with E-state index in [1.807, 2.05) is 0 Å². The number of hydrogen-bond donors (Lipinski definition) is 0. The van der Waals surface area contributed by atoms with Gasteiger partial charge in [0.25, 0.3) is 0 Å². The molecule has 1 aliphatic heterocycles. The molecule has 1 unspecified atom stereocenters. The van der Waals surface area contributed by atoms with Crippen molar-refractivity contribution in [2.45, 2.75) is 45.6 Å². The maximum atomic E-state index is 5.74. The molecule has 1 atom stereocenters. The first-order chi connectivity index (χ1) is 5.53. The SMILES string of the molecule is C=C1COC(C)(C)CC(CC)C1. The van der Waals surface area contributed by atoms with Crippen molar-refractivity contribution < 1.29 is 4.74 Å². The molecule has 0 spiro atoms. The first-order valence-corrected chi connectivity index (χ1v) is 4.84. The summed E-state index contributed by atoms with van der Waals surface area (Å²) in [5.41, 5.74) is 1.31. The quantitative estimate of drug-likeness (QED) is 0.546. The van der Waals surface area contributed by atoms with Crippen LogP contribution in [0.3, 0.4) is 0 Å². The van der Waals surface area contributed by atoms with E-state index in [9.17, 15) is 0 Å².